The quantitative estimate of drug-likeness (QED) is 0.341. The Labute approximate surface area is 187 Å². The molecule has 2 aromatic carbocycles. The minimum Gasteiger partial charge on any atom is -0.497 e. The minimum absolute atomic E-state index is 0.509. The van der Waals surface area contributed by atoms with Crippen molar-refractivity contribution in [2.75, 3.05) is 40.8 Å². The molecule has 0 radical (unpaired) electrons. The Morgan fingerprint density at radius 2 is 1.29 bits per heavy atom. The summed E-state index contributed by atoms with van der Waals surface area (Å²) in [7, 11) is 2.00. The van der Waals surface area contributed by atoms with Crippen LogP contribution in [-0.2, 0) is 22.1 Å². The van der Waals surface area contributed by atoms with E-state index in [1.54, 1.807) is 28.4 Å². The molecule has 31 heavy (non-hydrogen) atoms. The van der Waals surface area contributed by atoms with E-state index >= 15 is 0 Å². The van der Waals surface area contributed by atoms with E-state index in [1.807, 2.05) is 48.5 Å². The molecule has 1 aliphatic carbocycles. The van der Waals surface area contributed by atoms with E-state index in [9.17, 15) is 4.21 Å². The largest absolute Gasteiger partial charge is 0.497 e. The molecule has 1 aliphatic rings. The topological polar surface area (TPSA) is 63.2 Å². The minimum atomic E-state index is -2.43. The van der Waals surface area contributed by atoms with E-state index in [4.69, 9.17) is 22.0 Å². The molecule has 1 fully saturated rings. The fourth-order valence-electron chi connectivity index (χ4n) is 3.45. The Morgan fingerprint density at radius 3 is 1.71 bits per heavy atom. The Bertz CT molecular complexity index is 944. The van der Waals surface area contributed by atoms with Gasteiger partial charge in [0.15, 0.2) is 0 Å². The molecule has 0 N–H and O–H groups in total. The lowest BCUT2D eigenvalue weighted by atomic mass is 10.0. The van der Waals surface area contributed by atoms with Crippen LogP contribution in [0.4, 0.5) is 0 Å². The zero-order chi connectivity index (χ0) is 22.3. The van der Waals surface area contributed by atoms with Crippen LogP contribution in [-0.4, -0.2) is 49.9 Å². The van der Waals surface area contributed by atoms with Gasteiger partial charge in [0.1, 0.15) is 11.5 Å². The molecular formula is C23H32O6S2. The second kappa shape index (κ2) is 10.7. The van der Waals surface area contributed by atoms with E-state index in [0.29, 0.717) is 12.4 Å². The first kappa shape index (κ1) is 23.9. The van der Waals surface area contributed by atoms with Crippen molar-refractivity contribution in [3.63, 3.8) is 0 Å². The highest BCUT2D eigenvalue weighted by molar-refractivity contribution is 8.21. The van der Waals surface area contributed by atoms with Gasteiger partial charge in [0.2, 0.25) is 0 Å². The van der Waals surface area contributed by atoms with E-state index in [2.05, 4.69) is 0 Å². The number of hydrogen-bond acceptors (Lipinski definition) is 6. The molecular weight excluding hydrogens is 436 g/mol. The summed E-state index contributed by atoms with van der Waals surface area (Å²) in [5.74, 6) is 2.12. The van der Waals surface area contributed by atoms with Crippen molar-refractivity contribution < 1.29 is 26.2 Å². The van der Waals surface area contributed by atoms with Crippen molar-refractivity contribution in [1.82, 2.24) is 0 Å². The van der Waals surface area contributed by atoms with E-state index in [0.717, 1.165) is 51.8 Å². The number of methoxy groups -OCH3 is 1. The van der Waals surface area contributed by atoms with Gasteiger partial charge in [-0.1, -0.05) is 0 Å². The third-order valence-corrected chi connectivity index (χ3v) is 10.8. The molecule has 1 atom stereocenters. The van der Waals surface area contributed by atoms with E-state index < -0.39 is 20.4 Å². The fraction of sp³-hybridized carbons (Fsp3) is 0.435. The van der Waals surface area contributed by atoms with Crippen molar-refractivity contribution in [1.29, 1.82) is 0 Å². The zero-order valence-corrected chi connectivity index (χ0v) is 20.3. The number of hydrogen-bond donors (Lipinski definition) is 0. The lowest BCUT2D eigenvalue weighted by Gasteiger charge is -2.33. The molecule has 0 bridgehead atoms. The summed E-state index contributed by atoms with van der Waals surface area (Å²) in [4.78, 5) is 2.76. The monoisotopic (exact) mass is 468 g/mol. The maximum atomic E-state index is 14.2. The Balaban J connectivity index is 1.72. The number of benzene rings is 2. The normalized spacial score (nSPS) is 16.3. The van der Waals surface area contributed by atoms with Crippen molar-refractivity contribution in [2.45, 2.75) is 35.5 Å². The summed E-state index contributed by atoms with van der Waals surface area (Å²) >= 11 is 0. The summed E-state index contributed by atoms with van der Waals surface area (Å²) < 4.78 is 41.5. The van der Waals surface area contributed by atoms with Crippen LogP contribution in [0.25, 0.3) is 0 Å². The van der Waals surface area contributed by atoms with Crippen LogP contribution in [0.15, 0.2) is 58.3 Å². The lowest BCUT2D eigenvalue weighted by Crippen LogP contribution is -2.22. The molecule has 0 saturated heterocycles. The second-order valence-electron chi connectivity index (χ2n) is 7.06. The molecule has 0 amide bonds. The Hall–Kier alpha value is -1.71. The van der Waals surface area contributed by atoms with Gasteiger partial charge in [-0.15, -0.1) is 0 Å². The van der Waals surface area contributed by atoms with Gasteiger partial charge < -0.3 is 9.47 Å². The molecule has 1 unspecified atom stereocenters. The van der Waals surface area contributed by atoms with Gasteiger partial charge in [0, 0.05) is 25.1 Å². The summed E-state index contributed by atoms with van der Waals surface area (Å²) in [6.07, 6.45) is 3.64. The molecule has 8 heteroatoms. The molecule has 0 spiro atoms. The van der Waals surface area contributed by atoms with Crippen LogP contribution in [0.3, 0.4) is 0 Å². The van der Waals surface area contributed by atoms with Crippen LogP contribution >= 0.6 is 10.9 Å². The first-order chi connectivity index (χ1) is 15.0. The molecule has 3 rings (SSSR count). The molecule has 0 aliphatic heterocycles. The van der Waals surface area contributed by atoms with Gasteiger partial charge in [-0.2, -0.15) is 0 Å². The predicted octanol–water partition coefficient (Wildman–Crippen LogP) is 5.01. The van der Waals surface area contributed by atoms with Crippen LogP contribution < -0.4 is 9.47 Å². The highest BCUT2D eigenvalue weighted by Gasteiger charge is 2.25. The average molecular weight is 469 g/mol. The van der Waals surface area contributed by atoms with Crippen molar-refractivity contribution in [2.24, 2.45) is 0 Å². The maximum Gasteiger partial charge on any atom is 0.119 e. The molecule has 0 heterocycles. The molecule has 1 saturated carbocycles. The van der Waals surface area contributed by atoms with Gasteiger partial charge in [-0.05, 0) is 79.1 Å². The van der Waals surface area contributed by atoms with Gasteiger partial charge in [-0.25, -0.2) is 0 Å². The van der Waals surface area contributed by atoms with Crippen LogP contribution in [0, 0.1) is 0 Å². The van der Waals surface area contributed by atoms with Gasteiger partial charge in [0.25, 0.3) is 0 Å². The first-order valence-electron chi connectivity index (χ1n) is 10.2. The third kappa shape index (κ3) is 5.21. The van der Waals surface area contributed by atoms with Crippen molar-refractivity contribution in [3.8, 4) is 11.5 Å². The van der Waals surface area contributed by atoms with Gasteiger partial charge in [0.05, 0.1) is 45.9 Å². The fourth-order valence-corrected chi connectivity index (χ4v) is 7.67. The molecule has 6 nitrogen and oxygen atoms in total. The van der Waals surface area contributed by atoms with E-state index in [1.165, 1.54) is 0 Å². The number of rotatable bonds is 11. The van der Waals surface area contributed by atoms with Gasteiger partial charge in [-0.3, -0.25) is 16.8 Å². The Morgan fingerprint density at radius 1 is 0.774 bits per heavy atom. The van der Waals surface area contributed by atoms with Crippen LogP contribution in [0.2, 0.25) is 0 Å². The zero-order valence-electron chi connectivity index (χ0n) is 18.6. The van der Waals surface area contributed by atoms with Crippen molar-refractivity contribution >= 4 is 25.3 Å². The van der Waals surface area contributed by atoms with Crippen LogP contribution in [0.5, 0.6) is 11.5 Å². The molecule has 0 aromatic heterocycles. The molecule has 172 valence electrons. The van der Waals surface area contributed by atoms with Crippen molar-refractivity contribution in [3.05, 3.63) is 48.5 Å². The predicted molar refractivity (Wildman–Crippen MR) is 127 cm³/mol. The average Bonchev–Trinajstić information content (AvgIpc) is 2.79. The third-order valence-electron chi connectivity index (χ3n) is 5.43. The first-order valence-corrected chi connectivity index (χ1v) is 13.4. The summed E-state index contributed by atoms with van der Waals surface area (Å²) in [6.45, 7) is 0.509. The molecule has 2 aromatic rings. The summed E-state index contributed by atoms with van der Waals surface area (Å²) in [5.41, 5.74) is 0. The summed E-state index contributed by atoms with van der Waals surface area (Å²) in [5, 5.41) is 0. The highest BCUT2D eigenvalue weighted by Crippen LogP contribution is 2.49. The standard InChI is InChI=1S/C23H32O6S2/c1-25-19-9-13-22(14-10-19)31(24,21-7-5-8-21)23-15-11-20(12-16-23)29-17-6-18-30(26-2,27-3)28-4/h9-16H,5-8,17-18H2,1-4H3. The van der Waals surface area contributed by atoms with Gasteiger partial charge >= 0.3 is 0 Å². The highest BCUT2D eigenvalue weighted by atomic mass is 32.3. The van der Waals surface area contributed by atoms with E-state index in [-0.39, 0.29) is 0 Å². The summed E-state index contributed by atoms with van der Waals surface area (Å²) in [6, 6.07) is 15.2. The SMILES string of the molecule is COc1ccc(S(=O)(=C2CCC2)c2ccc(OCCCS(OC)(OC)OC)cc2)cc1. The Kier molecular flexibility index (Phi) is 8.30. The maximum absolute atomic E-state index is 14.2. The smallest absolute Gasteiger partial charge is 0.119 e. The van der Waals surface area contributed by atoms with Crippen LogP contribution in [0.1, 0.15) is 25.7 Å². The number of ether oxygens (including phenoxy) is 2. The lowest BCUT2D eigenvalue weighted by molar-refractivity contribution is 0.243. The second-order valence-corrected chi connectivity index (χ2v) is 12.2.